The Kier molecular flexibility index (Phi) is 6.58. The topological polar surface area (TPSA) is 128 Å². The van der Waals surface area contributed by atoms with Crippen LogP contribution in [0.3, 0.4) is 0 Å². The van der Waals surface area contributed by atoms with Gasteiger partial charge in [-0.1, -0.05) is 11.6 Å². The van der Waals surface area contributed by atoms with E-state index in [9.17, 15) is 27.5 Å². The van der Waals surface area contributed by atoms with E-state index in [4.69, 9.17) is 16.3 Å². The molecule has 1 aromatic carbocycles. The van der Waals surface area contributed by atoms with Gasteiger partial charge in [0.25, 0.3) is 5.91 Å². The molecular weight excluding hydrogens is 485 g/mol. The molecule has 3 aromatic rings. The lowest BCUT2D eigenvalue weighted by atomic mass is 10.3. The summed E-state index contributed by atoms with van der Waals surface area (Å²) in [5, 5.41) is 12.3. The van der Waals surface area contributed by atoms with Gasteiger partial charge in [0.15, 0.2) is 21.3 Å². The molecule has 2 N–H and O–H groups in total. The van der Waals surface area contributed by atoms with Crippen molar-refractivity contribution >= 4 is 50.5 Å². The largest absolute Gasteiger partial charge is 0.476 e. The number of nitrogens with one attached hydrogen (secondary N) is 1. The number of sulfone groups is 1. The van der Waals surface area contributed by atoms with Crippen molar-refractivity contribution in [3.63, 3.8) is 0 Å². The number of carboxylic acids is 1. The van der Waals surface area contributed by atoms with Crippen LogP contribution in [0.5, 0.6) is 6.01 Å². The predicted molar refractivity (Wildman–Crippen MR) is 117 cm³/mol. The number of ether oxygens (including phenoxy) is 1. The van der Waals surface area contributed by atoms with E-state index in [1.54, 1.807) is 0 Å². The third kappa shape index (κ3) is 4.20. The Balaban J connectivity index is 2.05. The van der Waals surface area contributed by atoms with Crippen LogP contribution in [0, 0.1) is 5.82 Å². The van der Waals surface area contributed by atoms with Crippen LogP contribution in [-0.4, -0.2) is 47.3 Å². The van der Waals surface area contributed by atoms with Crippen molar-refractivity contribution < 1.29 is 32.2 Å². The highest BCUT2D eigenvalue weighted by Crippen LogP contribution is 2.35. The first-order chi connectivity index (χ1) is 15.0. The zero-order valence-electron chi connectivity index (χ0n) is 16.9. The molecule has 13 heteroatoms. The molecule has 9 nitrogen and oxygen atoms in total. The first kappa shape index (κ1) is 23.7. The third-order valence-electron chi connectivity index (χ3n) is 4.38. The molecule has 0 aliphatic rings. The fourth-order valence-corrected chi connectivity index (χ4v) is 5.72. The van der Waals surface area contributed by atoms with Gasteiger partial charge < -0.3 is 15.2 Å². The van der Waals surface area contributed by atoms with Crippen molar-refractivity contribution in [2.24, 2.45) is 0 Å². The fourth-order valence-electron chi connectivity index (χ4n) is 2.74. The molecule has 170 valence electrons. The van der Waals surface area contributed by atoms with Crippen molar-refractivity contribution in [3.8, 4) is 11.7 Å². The highest BCUT2D eigenvalue weighted by molar-refractivity contribution is 7.92. The van der Waals surface area contributed by atoms with Crippen molar-refractivity contribution in [1.29, 1.82) is 0 Å². The number of carbonyl (C=O) groups is 2. The quantitative estimate of drug-likeness (QED) is 0.503. The average molecular weight is 502 g/mol. The Bertz CT molecular complexity index is 1300. The zero-order valence-corrected chi connectivity index (χ0v) is 19.3. The summed E-state index contributed by atoms with van der Waals surface area (Å²) in [5.74, 6) is -3.18. The van der Waals surface area contributed by atoms with Crippen LogP contribution in [0.1, 0.15) is 34.0 Å². The lowest BCUT2D eigenvalue weighted by Gasteiger charge is -2.09. The van der Waals surface area contributed by atoms with Crippen LogP contribution < -0.4 is 10.1 Å². The summed E-state index contributed by atoms with van der Waals surface area (Å²) in [4.78, 5) is 28.5. The Labute approximate surface area is 191 Å². The van der Waals surface area contributed by atoms with Crippen molar-refractivity contribution in [3.05, 3.63) is 51.1 Å². The van der Waals surface area contributed by atoms with Crippen molar-refractivity contribution in [1.82, 2.24) is 9.55 Å². The molecule has 1 amide bonds. The summed E-state index contributed by atoms with van der Waals surface area (Å²) in [6.45, 7) is 2.97. The minimum atomic E-state index is -3.73. The summed E-state index contributed by atoms with van der Waals surface area (Å²) in [7, 11) is -2.48. The van der Waals surface area contributed by atoms with Crippen LogP contribution in [0.15, 0.2) is 34.5 Å². The van der Waals surface area contributed by atoms with Gasteiger partial charge >= 0.3 is 12.0 Å². The maximum atomic E-state index is 13.3. The van der Waals surface area contributed by atoms with Gasteiger partial charge in [0, 0.05) is 5.38 Å². The number of nitrogens with zero attached hydrogens (tertiary/aromatic N) is 2. The van der Waals surface area contributed by atoms with E-state index in [0.29, 0.717) is 0 Å². The zero-order chi connectivity index (χ0) is 23.8. The molecule has 0 radical (unpaired) electrons. The summed E-state index contributed by atoms with van der Waals surface area (Å²) >= 11 is 6.96. The maximum Gasteiger partial charge on any atom is 0.356 e. The van der Waals surface area contributed by atoms with E-state index in [2.05, 4.69) is 10.3 Å². The van der Waals surface area contributed by atoms with E-state index < -0.39 is 38.5 Å². The highest BCUT2D eigenvalue weighted by Gasteiger charge is 2.30. The van der Waals surface area contributed by atoms with Gasteiger partial charge in [0.2, 0.25) is 0 Å². The minimum absolute atomic E-state index is 0.127. The third-order valence-corrected chi connectivity index (χ3v) is 8.30. The Morgan fingerprint density at radius 2 is 1.91 bits per heavy atom. The second kappa shape index (κ2) is 8.88. The molecule has 0 bridgehead atoms. The van der Waals surface area contributed by atoms with E-state index in [0.717, 1.165) is 28.0 Å². The van der Waals surface area contributed by atoms with Gasteiger partial charge in [-0.05, 0) is 38.1 Å². The molecule has 2 heterocycles. The maximum absolute atomic E-state index is 13.3. The first-order valence-corrected chi connectivity index (χ1v) is 11.8. The fraction of sp³-hybridized carbons (Fsp3) is 0.211. The molecule has 0 aliphatic carbocycles. The number of hydrogen-bond acceptors (Lipinski definition) is 7. The van der Waals surface area contributed by atoms with E-state index in [-0.39, 0.29) is 32.3 Å². The number of amides is 1. The van der Waals surface area contributed by atoms with Gasteiger partial charge in [-0.25, -0.2) is 17.6 Å². The summed E-state index contributed by atoms with van der Waals surface area (Å²) in [6, 6.07) is 4.71. The van der Waals surface area contributed by atoms with E-state index >= 15 is 0 Å². The average Bonchev–Trinajstić information content (AvgIpc) is 3.29. The smallest absolute Gasteiger partial charge is 0.356 e. The molecule has 0 fully saturated rings. The van der Waals surface area contributed by atoms with Gasteiger partial charge in [0.1, 0.15) is 10.7 Å². The lowest BCUT2D eigenvalue weighted by molar-refractivity contribution is 0.0688. The van der Waals surface area contributed by atoms with Crippen LogP contribution >= 0.6 is 22.9 Å². The molecule has 2 aromatic heterocycles. The second-order valence-corrected chi connectivity index (χ2v) is 10.4. The highest BCUT2D eigenvalue weighted by atomic mass is 35.5. The number of rotatable bonds is 7. The minimum Gasteiger partial charge on any atom is -0.476 e. The van der Waals surface area contributed by atoms with Gasteiger partial charge in [-0.2, -0.15) is 4.98 Å². The predicted octanol–water partition coefficient (Wildman–Crippen LogP) is 3.87. The number of imidazole rings is 1. The van der Waals surface area contributed by atoms with Crippen LogP contribution in [-0.2, 0) is 9.84 Å². The number of aromatic nitrogens is 2. The van der Waals surface area contributed by atoms with Crippen LogP contribution in [0.25, 0.3) is 5.69 Å². The van der Waals surface area contributed by atoms with Crippen LogP contribution in [0.4, 0.5) is 10.2 Å². The number of methoxy groups -OCH3 is 1. The summed E-state index contributed by atoms with van der Waals surface area (Å²) in [5.41, 5.74) is -0.224. The number of anilines is 1. The number of halogens is 2. The Morgan fingerprint density at radius 1 is 1.28 bits per heavy atom. The lowest BCUT2D eigenvalue weighted by Crippen LogP contribution is -2.17. The summed E-state index contributed by atoms with van der Waals surface area (Å²) in [6.07, 6.45) is 0. The number of aromatic carboxylic acids is 1. The number of thiophene rings is 1. The molecule has 0 spiro atoms. The van der Waals surface area contributed by atoms with Gasteiger partial charge in [-0.15, -0.1) is 11.3 Å². The van der Waals surface area contributed by atoms with Crippen LogP contribution in [0.2, 0.25) is 5.02 Å². The van der Waals surface area contributed by atoms with E-state index in [1.165, 1.54) is 38.5 Å². The monoisotopic (exact) mass is 501 g/mol. The molecule has 32 heavy (non-hydrogen) atoms. The summed E-state index contributed by atoms with van der Waals surface area (Å²) < 4.78 is 44.3. The number of carbonyl (C=O) groups excluding carboxylic acids is 1. The number of benzene rings is 1. The number of hydrogen-bond donors (Lipinski definition) is 2. The molecule has 0 unspecified atom stereocenters. The molecule has 0 saturated carbocycles. The van der Waals surface area contributed by atoms with Crippen molar-refractivity contribution in [2.75, 3.05) is 12.4 Å². The second-order valence-electron chi connectivity index (χ2n) is 6.70. The van der Waals surface area contributed by atoms with Gasteiger partial charge in [0.05, 0.1) is 28.0 Å². The van der Waals surface area contributed by atoms with E-state index in [1.807, 2.05) is 0 Å². The molecular formula is C19H17ClFN3O6S2. The standard InChI is InChI=1S/C19H17ClFN3O6S2/c1-9(2)32(28,29)12-8-31-15(13(12)20)17(25)22-16-14(18(26)27)24(19(23-16)30-3)11-6-4-10(21)5-7-11/h4-9H,1-3H3,(H,22,25)(H,26,27). The van der Waals surface area contributed by atoms with Gasteiger partial charge in [-0.3, -0.25) is 9.36 Å². The molecule has 3 rings (SSSR count). The normalized spacial score (nSPS) is 11.6. The molecule has 0 saturated heterocycles. The molecule has 0 atom stereocenters. The Hall–Kier alpha value is -2.96. The van der Waals surface area contributed by atoms with Crippen molar-refractivity contribution in [2.45, 2.75) is 24.0 Å². The Morgan fingerprint density at radius 3 is 2.44 bits per heavy atom. The SMILES string of the molecule is COc1nc(NC(=O)c2scc(S(=O)(=O)C(C)C)c2Cl)c(C(=O)O)n1-c1ccc(F)cc1. The number of carboxylic acid groups (broad SMARTS) is 1. The molecule has 0 aliphatic heterocycles. The first-order valence-electron chi connectivity index (χ1n) is 8.97.